The number of nitrogens with one attached hydrogen (secondary N) is 2. The maximum Gasteiger partial charge on any atom is 0.0269 e. The van der Waals surface area contributed by atoms with Crippen LogP contribution in [0.25, 0.3) is 0 Å². The minimum Gasteiger partial charge on any atom is -0.257 e. The summed E-state index contributed by atoms with van der Waals surface area (Å²) >= 11 is 0. The molecule has 0 aromatic heterocycles. The lowest BCUT2D eigenvalue weighted by Gasteiger charge is -2.44. The van der Waals surface area contributed by atoms with Gasteiger partial charge in [0.05, 0.1) is 0 Å². The third-order valence-electron chi connectivity index (χ3n) is 6.21. The van der Waals surface area contributed by atoms with Gasteiger partial charge in [-0.15, -0.1) is 0 Å². The molecule has 0 aromatic rings. The molecule has 2 fully saturated rings. The third kappa shape index (κ3) is 5.25. The fraction of sp³-hybridized carbons (Fsp3) is 1.00. The minimum absolute atomic E-state index is 0.491. The Bertz CT molecular complexity index is 275. The molecule has 2 N–H and O–H groups in total. The predicted octanol–water partition coefficient (Wildman–Crippen LogP) is 5.05. The zero-order valence-corrected chi connectivity index (χ0v) is 14.7. The van der Waals surface area contributed by atoms with Crippen LogP contribution >= 0.6 is 0 Å². The molecule has 2 rings (SSSR count). The van der Waals surface area contributed by atoms with Crippen LogP contribution in [0.2, 0.25) is 0 Å². The van der Waals surface area contributed by atoms with Crippen molar-refractivity contribution < 1.29 is 0 Å². The molecule has 1 aliphatic heterocycles. The van der Waals surface area contributed by atoms with Crippen molar-refractivity contribution in [1.82, 2.24) is 10.9 Å². The molecule has 2 heteroatoms. The van der Waals surface area contributed by atoms with Gasteiger partial charge in [-0.05, 0) is 36.5 Å². The highest BCUT2D eigenvalue weighted by molar-refractivity contribution is 4.91. The van der Waals surface area contributed by atoms with Crippen molar-refractivity contribution in [2.75, 3.05) is 6.54 Å². The lowest BCUT2D eigenvalue weighted by molar-refractivity contribution is 0.0917. The maximum atomic E-state index is 3.66. The number of rotatable bonds is 2. The van der Waals surface area contributed by atoms with E-state index in [0.717, 1.165) is 18.4 Å². The molecule has 0 spiro atoms. The Kier molecular flexibility index (Phi) is 7.01. The van der Waals surface area contributed by atoms with Gasteiger partial charge in [0.2, 0.25) is 0 Å². The smallest absolute Gasteiger partial charge is 0.0269 e. The molecule has 0 radical (unpaired) electrons. The highest BCUT2D eigenvalue weighted by Gasteiger charge is 2.37. The summed E-state index contributed by atoms with van der Waals surface area (Å²) in [7, 11) is 0. The summed E-state index contributed by atoms with van der Waals surface area (Å²) in [5.41, 5.74) is 7.67. The Morgan fingerprint density at radius 1 is 0.857 bits per heavy atom. The van der Waals surface area contributed by atoms with Crippen LogP contribution in [-0.4, -0.2) is 12.6 Å². The Balaban J connectivity index is 1.97. The van der Waals surface area contributed by atoms with Crippen LogP contribution < -0.4 is 10.9 Å². The van der Waals surface area contributed by atoms with Crippen LogP contribution in [0.5, 0.6) is 0 Å². The maximum absolute atomic E-state index is 3.66. The highest BCUT2D eigenvalue weighted by atomic mass is 15.4. The lowest BCUT2D eigenvalue weighted by atomic mass is 9.70. The molecule has 21 heavy (non-hydrogen) atoms. The number of hydrazine groups is 1. The topological polar surface area (TPSA) is 24.1 Å². The predicted molar refractivity (Wildman–Crippen MR) is 92.1 cm³/mol. The van der Waals surface area contributed by atoms with E-state index in [0.29, 0.717) is 11.5 Å². The van der Waals surface area contributed by atoms with Crippen LogP contribution in [0.15, 0.2) is 0 Å². The van der Waals surface area contributed by atoms with Crippen LogP contribution in [-0.2, 0) is 0 Å². The van der Waals surface area contributed by atoms with E-state index in [1.807, 2.05) is 0 Å². The highest BCUT2D eigenvalue weighted by Crippen LogP contribution is 2.39. The van der Waals surface area contributed by atoms with Crippen molar-refractivity contribution in [1.29, 1.82) is 0 Å². The Morgan fingerprint density at radius 3 is 1.90 bits per heavy atom. The van der Waals surface area contributed by atoms with Crippen LogP contribution in [0.3, 0.4) is 0 Å². The quantitative estimate of drug-likeness (QED) is 0.745. The molecule has 0 amide bonds. The van der Waals surface area contributed by atoms with E-state index in [1.165, 1.54) is 70.6 Å². The van der Waals surface area contributed by atoms with Gasteiger partial charge in [0, 0.05) is 12.6 Å². The fourth-order valence-electron chi connectivity index (χ4n) is 4.32. The summed E-state index contributed by atoms with van der Waals surface area (Å²) in [6.07, 6.45) is 15.8. The van der Waals surface area contributed by atoms with Crippen LogP contribution in [0.1, 0.15) is 91.4 Å². The average Bonchev–Trinajstić information content (AvgIpc) is 2.53. The summed E-state index contributed by atoms with van der Waals surface area (Å²) in [6.45, 7) is 8.47. The number of hydrogen-bond acceptors (Lipinski definition) is 2. The van der Waals surface area contributed by atoms with Gasteiger partial charge in [0.1, 0.15) is 0 Å². The van der Waals surface area contributed by atoms with E-state index in [-0.39, 0.29) is 0 Å². The number of hydrogen-bond donors (Lipinski definition) is 2. The van der Waals surface area contributed by atoms with Gasteiger partial charge in [-0.3, -0.25) is 10.9 Å². The molecule has 2 nitrogen and oxygen atoms in total. The van der Waals surface area contributed by atoms with Gasteiger partial charge in [-0.25, -0.2) is 0 Å². The van der Waals surface area contributed by atoms with E-state index < -0.39 is 0 Å². The lowest BCUT2D eigenvalue weighted by Crippen LogP contribution is -2.57. The summed E-state index contributed by atoms with van der Waals surface area (Å²) in [5.74, 6) is 1.64. The molecular weight excluding hydrogens is 256 g/mol. The molecule has 1 heterocycles. The summed E-state index contributed by atoms with van der Waals surface area (Å²) < 4.78 is 0. The van der Waals surface area contributed by atoms with Crippen molar-refractivity contribution in [2.24, 2.45) is 17.3 Å². The van der Waals surface area contributed by atoms with Crippen molar-refractivity contribution >= 4 is 0 Å². The zero-order chi connectivity index (χ0) is 15.1. The Morgan fingerprint density at radius 2 is 1.38 bits per heavy atom. The molecule has 1 saturated carbocycles. The molecule has 124 valence electrons. The second kappa shape index (κ2) is 8.53. The largest absolute Gasteiger partial charge is 0.257 e. The van der Waals surface area contributed by atoms with Crippen LogP contribution in [0.4, 0.5) is 0 Å². The third-order valence-corrected chi connectivity index (χ3v) is 6.21. The van der Waals surface area contributed by atoms with E-state index in [9.17, 15) is 0 Å². The summed E-state index contributed by atoms with van der Waals surface area (Å²) in [4.78, 5) is 0. The standard InChI is InChI=1S/C19H38N2/c1-16(2)17-14-18(21-20-15-17)19(3)12-10-8-6-4-5-7-9-11-13-19/h16-18,20-21H,4-15H2,1-3H3. The Labute approximate surface area is 132 Å². The summed E-state index contributed by atoms with van der Waals surface area (Å²) in [6, 6.07) is 0.666. The first kappa shape index (κ1) is 17.3. The first-order valence-corrected chi connectivity index (χ1v) is 9.60. The van der Waals surface area contributed by atoms with Gasteiger partial charge < -0.3 is 0 Å². The van der Waals surface area contributed by atoms with E-state index >= 15 is 0 Å². The monoisotopic (exact) mass is 294 g/mol. The fourth-order valence-corrected chi connectivity index (χ4v) is 4.32. The normalized spacial score (nSPS) is 32.6. The van der Waals surface area contributed by atoms with Gasteiger partial charge >= 0.3 is 0 Å². The molecule has 2 atom stereocenters. The molecule has 2 unspecified atom stereocenters. The van der Waals surface area contributed by atoms with Gasteiger partial charge in [0.25, 0.3) is 0 Å². The van der Waals surface area contributed by atoms with Crippen molar-refractivity contribution in [3.8, 4) is 0 Å². The molecule has 0 aromatic carbocycles. The first-order chi connectivity index (χ1) is 10.1. The first-order valence-electron chi connectivity index (χ1n) is 9.60. The molecular formula is C19H38N2. The van der Waals surface area contributed by atoms with Crippen molar-refractivity contribution in [3.63, 3.8) is 0 Å². The van der Waals surface area contributed by atoms with Crippen molar-refractivity contribution in [2.45, 2.75) is 97.4 Å². The van der Waals surface area contributed by atoms with Gasteiger partial charge in [-0.2, -0.15) is 0 Å². The minimum atomic E-state index is 0.491. The Hall–Kier alpha value is -0.0800. The van der Waals surface area contributed by atoms with E-state index in [4.69, 9.17) is 0 Å². The second-order valence-electron chi connectivity index (χ2n) is 8.30. The molecule has 0 bridgehead atoms. The average molecular weight is 295 g/mol. The molecule has 1 saturated heterocycles. The zero-order valence-electron chi connectivity index (χ0n) is 14.7. The van der Waals surface area contributed by atoms with Gasteiger partial charge in [-0.1, -0.05) is 72.1 Å². The SMILES string of the molecule is CC(C)C1CNNC(C2(C)CCCCCCCCCC2)C1. The molecule has 1 aliphatic carbocycles. The van der Waals surface area contributed by atoms with Crippen molar-refractivity contribution in [3.05, 3.63) is 0 Å². The van der Waals surface area contributed by atoms with E-state index in [1.54, 1.807) is 0 Å². The summed E-state index contributed by atoms with van der Waals surface area (Å²) in [5, 5.41) is 0. The molecule has 2 aliphatic rings. The second-order valence-corrected chi connectivity index (χ2v) is 8.30. The van der Waals surface area contributed by atoms with E-state index in [2.05, 4.69) is 31.6 Å². The van der Waals surface area contributed by atoms with Crippen LogP contribution in [0, 0.1) is 17.3 Å². The van der Waals surface area contributed by atoms with Gasteiger partial charge in [0.15, 0.2) is 0 Å².